The van der Waals surface area contributed by atoms with Gasteiger partial charge in [0.15, 0.2) is 0 Å². The third kappa shape index (κ3) is 2.45. The Balaban J connectivity index is 1.55. The molecular weight excluding hydrogens is 398 g/mol. The van der Waals surface area contributed by atoms with Gasteiger partial charge in [0, 0.05) is 22.6 Å². The molecule has 0 saturated heterocycles. The minimum absolute atomic E-state index is 0.0232. The first-order valence-electron chi connectivity index (χ1n) is 11.6. The van der Waals surface area contributed by atoms with E-state index in [0.717, 1.165) is 5.69 Å². The van der Waals surface area contributed by atoms with Crippen molar-refractivity contribution in [1.29, 1.82) is 0 Å². The average Bonchev–Trinajstić information content (AvgIpc) is 3.10. The van der Waals surface area contributed by atoms with Gasteiger partial charge in [-0.2, -0.15) is 0 Å². The maximum atomic E-state index is 4.87. The van der Waals surface area contributed by atoms with Crippen molar-refractivity contribution in [1.82, 2.24) is 4.98 Å². The lowest BCUT2D eigenvalue weighted by Crippen LogP contribution is -2.15. The molecule has 0 amide bonds. The molecule has 156 valence electrons. The Morgan fingerprint density at radius 3 is 2.15 bits per heavy atom. The molecule has 0 atom stereocenters. The number of aromatic nitrogens is 1. The molecule has 0 spiro atoms. The van der Waals surface area contributed by atoms with Crippen molar-refractivity contribution < 1.29 is 0 Å². The van der Waals surface area contributed by atoms with Gasteiger partial charge >= 0.3 is 0 Å². The van der Waals surface area contributed by atoms with Gasteiger partial charge in [0.25, 0.3) is 0 Å². The highest BCUT2D eigenvalue weighted by Crippen LogP contribution is 2.52. The molecule has 0 unspecified atom stereocenters. The van der Waals surface area contributed by atoms with Gasteiger partial charge in [-0.1, -0.05) is 105 Å². The first-order valence-corrected chi connectivity index (χ1v) is 11.6. The van der Waals surface area contributed by atoms with E-state index in [1.54, 1.807) is 0 Å². The average molecular weight is 422 g/mol. The van der Waals surface area contributed by atoms with Gasteiger partial charge in [-0.3, -0.25) is 4.98 Å². The van der Waals surface area contributed by atoms with Crippen LogP contribution in [0.5, 0.6) is 0 Å². The molecule has 6 aromatic rings. The third-order valence-electron chi connectivity index (χ3n) is 7.50. The SMILES string of the molecule is CC1(C)c2ccccc2-c2ccc3c(ccc4c(-c5cccc6ccccc56)nccc43)c21. The summed E-state index contributed by atoms with van der Waals surface area (Å²) in [5.41, 5.74) is 7.80. The second-order valence-electron chi connectivity index (χ2n) is 9.60. The fourth-order valence-corrected chi connectivity index (χ4v) is 6.01. The largest absolute Gasteiger partial charge is 0.256 e. The van der Waals surface area contributed by atoms with E-state index >= 15 is 0 Å². The molecule has 0 N–H and O–H groups in total. The lowest BCUT2D eigenvalue weighted by atomic mass is 9.79. The minimum Gasteiger partial charge on any atom is -0.256 e. The molecule has 5 aromatic carbocycles. The Morgan fingerprint density at radius 2 is 1.21 bits per heavy atom. The molecular formula is C32H23N. The zero-order chi connectivity index (χ0) is 22.2. The molecule has 1 heteroatoms. The zero-order valence-electron chi connectivity index (χ0n) is 18.8. The zero-order valence-corrected chi connectivity index (χ0v) is 18.8. The molecule has 0 saturated carbocycles. The summed E-state index contributed by atoms with van der Waals surface area (Å²) >= 11 is 0. The molecule has 1 heterocycles. The monoisotopic (exact) mass is 421 g/mol. The van der Waals surface area contributed by atoms with Crippen LogP contribution in [0.1, 0.15) is 25.0 Å². The van der Waals surface area contributed by atoms with Gasteiger partial charge in [0.1, 0.15) is 0 Å². The highest BCUT2D eigenvalue weighted by molar-refractivity contribution is 6.15. The van der Waals surface area contributed by atoms with Crippen LogP contribution >= 0.6 is 0 Å². The molecule has 1 aliphatic rings. The number of fused-ring (bicyclic) bond motifs is 8. The Hall–Kier alpha value is -3.97. The van der Waals surface area contributed by atoms with Crippen LogP contribution in [0, 0.1) is 0 Å². The fourth-order valence-electron chi connectivity index (χ4n) is 6.01. The number of pyridine rings is 1. The molecule has 1 aromatic heterocycles. The molecule has 7 rings (SSSR count). The topological polar surface area (TPSA) is 12.9 Å². The van der Waals surface area contributed by atoms with E-state index in [-0.39, 0.29) is 5.41 Å². The van der Waals surface area contributed by atoms with Crippen molar-refractivity contribution in [3.05, 3.63) is 114 Å². The molecule has 1 aliphatic carbocycles. The first-order chi connectivity index (χ1) is 16.1. The van der Waals surface area contributed by atoms with Crippen molar-refractivity contribution in [3.63, 3.8) is 0 Å². The first kappa shape index (κ1) is 18.6. The van der Waals surface area contributed by atoms with Crippen LogP contribution < -0.4 is 0 Å². The Bertz CT molecular complexity index is 1730. The summed E-state index contributed by atoms with van der Waals surface area (Å²) in [7, 11) is 0. The van der Waals surface area contributed by atoms with Crippen LogP contribution in [0.3, 0.4) is 0 Å². The van der Waals surface area contributed by atoms with E-state index in [0.29, 0.717) is 0 Å². The second-order valence-corrected chi connectivity index (χ2v) is 9.60. The Morgan fingerprint density at radius 1 is 0.515 bits per heavy atom. The molecule has 33 heavy (non-hydrogen) atoms. The van der Waals surface area contributed by atoms with Crippen LogP contribution in [-0.2, 0) is 5.41 Å². The molecule has 0 aliphatic heterocycles. The van der Waals surface area contributed by atoms with Gasteiger partial charge in [-0.05, 0) is 55.3 Å². The number of nitrogens with zero attached hydrogens (tertiary/aromatic N) is 1. The van der Waals surface area contributed by atoms with E-state index in [1.165, 1.54) is 60.1 Å². The smallest absolute Gasteiger partial charge is 0.0786 e. The highest BCUT2D eigenvalue weighted by Gasteiger charge is 2.36. The van der Waals surface area contributed by atoms with E-state index in [9.17, 15) is 0 Å². The van der Waals surface area contributed by atoms with Crippen LogP contribution in [0.4, 0.5) is 0 Å². The van der Waals surface area contributed by atoms with E-state index in [4.69, 9.17) is 4.98 Å². The summed E-state index contributed by atoms with van der Waals surface area (Å²) in [6.45, 7) is 4.71. The fraction of sp³-hybridized carbons (Fsp3) is 0.0938. The van der Waals surface area contributed by atoms with Gasteiger partial charge in [-0.25, -0.2) is 0 Å². The maximum absolute atomic E-state index is 4.87. The van der Waals surface area contributed by atoms with Gasteiger partial charge in [0.2, 0.25) is 0 Å². The van der Waals surface area contributed by atoms with Crippen molar-refractivity contribution >= 4 is 32.3 Å². The normalized spacial score (nSPS) is 14.0. The van der Waals surface area contributed by atoms with Crippen molar-refractivity contribution in [2.24, 2.45) is 0 Å². The van der Waals surface area contributed by atoms with Crippen LogP contribution in [0.15, 0.2) is 103 Å². The quantitative estimate of drug-likeness (QED) is 0.242. The number of rotatable bonds is 1. The molecule has 0 bridgehead atoms. The van der Waals surface area contributed by atoms with Gasteiger partial charge in [-0.15, -0.1) is 0 Å². The van der Waals surface area contributed by atoms with Crippen LogP contribution in [-0.4, -0.2) is 4.98 Å². The van der Waals surface area contributed by atoms with Crippen molar-refractivity contribution in [2.45, 2.75) is 19.3 Å². The standard InChI is InChI=1S/C32H23N/c1-32(2)29-13-6-5-11-24(29)26-15-14-22-23-18-19-33-31(28(23)17-16-25(22)30(26)32)27-12-7-9-20-8-3-4-10-21(20)27/h3-19H,1-2H3. The Labute approximate surface area is 193 Å². The van der Waals surface area contributed by atoms with Gasteiger partial charge in [0.05, 0.1) is 5.69 Å². The molecule has 1 nitrogen and oxygen atoms in total. The maximum Gasteiger partial charge on any atom is 0.0786 e. The van der Waals surface area contributed by atoms with E-state index in [1.807, 2.05) is 6.20 Å². The van der Waals surface area contributed by atoms with E-state index in [2.05, 4.69) is 111 Å². The summed E-state index contributed by atoms with van der Waals surface area (Å²) in [6, 6.07) is 35.3. The van der Waals surface area contributed by atoms with Crippen molar-refractivity contribution in [2.75, 3.05) is 0 Å². The lowest BCUT2D eigenvalue weighted by Gasteiger charge is -2.23. The number of hydrogen-bond donors (Lipinski definition) is 0. The second kappa shape index (κ2) is 6.52. The molecule has 0 fully saturated rings. The number of hydrogen-bond acceptors (Lipinski definition) is 1. The summed E-state index contributed by atoms with van der Waals surface area (Å²) in [5, 5.41) is 7.60. The summed E-state index contributed by atoms with van der Waals surface area (Å²) < 4.78 is 0. The van der Waals surface area contributed by atoms with E-state index < -0.39 is 0 Å². The predicted octanol–water partition coefficient (Wildman–Crippen LogP) is 8.51. The summed E-state index contributed by atoms with van der Waals surface area (Å²) in [6.07, 6.45) is 1.96. The molecule has 0 radical (unpaired) electrons. The number of benzene rings is 5. The Kier molecular flexibility index (Phi) is 3.67. The van der Waals surface area contributed by atoms with Crippen LogP contribution in [0.25, 0.3) is 54.7 Å². The third-order valence-corrected chi connectivity index (χ3v) is 7.50. The minimum atomic E-state index is -0.0232. The lowest BCUT2D eigenvalue weighted by molar-refractivity contribution is 0.666. The predicted molar refractivity (Wildman–Crippen MR) is 140 cm³/mol. The van der Waals surface area contributed by atoms with Crippen LogP contribution in [0.2, 0.25) is 0 Å². The van der Waals surface area contributed by atoms with Gasteiger partial charge < -0.3 is 0 Å². The summed E-state index contributed by atoms with van der Waals surface area (Å²) in [4.78, 5) is 4.87. The summed E-state index contributed by atoms with van der Waals surface area (Å²) in [5.74, 6) is 0. The highest BCUT2D eigenvalue weighted by atomic mass is 14.7. The van der Waals surface area contributed by atoms with Crippen molar-refractivity contribution in [3.8, 4) is 22.4 Å².